The minimum Gasteiger partial charge on any atom is -0.305 e. The first-order valence-corrected chi connectivity index (χ1v) is 11.1. The average Bonchev–Trinajstić information content (AvgIpc) is 3.13. The Hall–Kier alpha value is -3.19. The van der Waals surface area contributed by atoms with Gasteiger partial charge in [0.05, 0.1) is 12.0 Å². The molecular weight excluding hydrogens is 406 g/mol. The second-order valence-electron chi connectivity index (χ2n) is 7.52. The van der Waals surface area contributed by atoms with E-state index in [4.69, 9.17) is 0 Å². The molecule has 0 unspecified atom stereocenters. The molecule has 0 radical (unpaired) electrons. The number of rotatable bonds is 8. The van der Waals surface area contributed by atoms with Crippen LogP contribution in [0.2, 0.25) is 0 Å². The number of amides is 1. The van der Waals surface area contributed by atoms with E-state index in [0.29, 0.717) is 11.1 Å². The van der Waals surface area contributed by atoms with E-state index in [9.17, 15) is 4.79 Å². The number of aromatic nitrogens is 3. The zero-order valence-corrected chi connectivity index (χ0v) is 19.1. The summed E-state index contributed by atoms with van der Waals surface area (Å²) in [6.45, 7) is 6.30. The lowest BCUT2D eigenvalue weighted by Crippen LogP contribution is -2.19. The second kappa shape index (κ2) is 10.7. The summed E-state index contributed by atoms with van der Waals surface area (Å²) in [7, 11) is 1.89. The van der Waals surface area contributed by atoms with E-state index in [1.165, 1.54) is 17.3 Å². The summed E-state index contributed by atoms with van der Waals surface area (Å²) in [5.74, 6) is 1.29. The number of allylic oxidation sites excluding steroid dienone is 1. The molecule has 0 saturated carbocycles. The summed E-state index contributed by atoms with van der Waals surface area (Å²) in [5, 5.41) is 13.1. The van der Waals surface area contributed by atoms with Gasteiger partial charge in [-0.1, -0.05) is 86.3 Å². The Bertz CT molecular complexity index is 1070. The van der Waals surface area contributed by atoms with E-state index >= 15 is 0 Å². The number of thioether (sulfide) groups is 1. The van der Waals surface area contributed by atoms with Gasteiger partial charge in [0.15, 0.2) is 11.0 Å². The quantitative estimate of drug-likeness (QED) is 0.311. The van der Waals surface area contributed by atoms with Gasteiger partial charge in [0.2, 0.25) is 0 Å². The minimum absolute atomic E-state index is 0.195. The van der Waals surface area contributed by atoms with Crippen molar-refractivity contribution >= 4 is 30.0 Å². The minimum atomic E-state index is -0.195. The molecule has 0 fully saturated rings. The molecule has 31 heavy (non-hydrogen) atoms. The molecule has 3 aromatic rings. The molecule has 1 aromatic heterocycles. The topological polar surface area (TPSA) is 72.2 Å². The molecule has 0 aliphatic heterocycles. The van der Waals surface area contributed by atoms with Crippen molar-refractivity contribution in [2.45, 2.75) is 31.8 Å². The fourth-order valence-electron chi connectivity index (χ4n) is 2.92. The number of benzene rings is 2. The first-order valence-electron chi connectivity index (χ1n) is 10.1. The van der Waals surface area contributed by atoms with Crippen molar-refractivity contribution in [3.05, 3.63) is 71.3 Å². The maximum Gasteiger partial charge on any atom is 0.250 e. The molecule has 1 amide bonds. The van der Waals surface area contributed by atoms with Crippen molar-refractivity contribution in [1.82, 2.24) is 20.2 Å². The van der Waals surface area contributed by atoms with Gasteiger partial charge in [0.25, 0.3) is 5.91 Å². The van der Waals surface area contributed by atoms with Gasteiger partial charge in [0, 0.05) is 12.6 Å². The fraction of sp³-hybridized carbons (Fsp3) is 0.250. The largest absolute Gasteiger partial charge is 0.305 e. The second-order valence-corrected chi connectivity index (χ2v) is 8.47. The molecule has 0 spiro atoms. The monoisotopic (exact) mass is 433 g/mol. The summed E-state index contributed by atoms with van der Waals surface area (Å²) in [5.41, 5.74) is 6.91. The van der Waals surface area contributed by atoms with E-state index in [-0.39, 0.29) is 11.7 Å². The van der Waals surface area contributed by atoms with Crippen molar-refractivity contribution in [2.24, 2.45) is 12.1 Å². The SMILES string of the molecule is CC(C=NNC(=O)CSc1nnc(-c2ccccc2)n1C)=Cc1ccc(C(C)C)cc1. The number of nitrogens with zero attached hydrogens (tertiary/aromatic N) is 4. The van der Waals surface area contributed by atoms with Crippen LogP contribution in [0.5, 0.6) is 0 Å². The zero-order valence-electron chi connectivity index (χ0n) is 18.2. The normalized spacial score (nSPS) is 12.0. The van der Waals surface area contributed by atoms with Crippen molar-refractivity contribution in [3.8, 4) is 11.4 Å². The molecule has 0 aliphatic carbocycles. The van der Waals surface area contributed by atoms with Gasteiger partial charge in [-0.2, -0.15) is 5.10 Å². The van der Waals surface area contributed by atoms with Crippen LogP contribution in [0.25, 0.3) is 17.5 Å². The molecule has 1 heterocycles. The van der Waals surface area contributed by atoms with Crippen molar-refractivity contribution in [2.75, 3.05) is 5.75 Å². The number of carbonyl (C=O) groups excluding carboxylic acids is 1. The Balaban J connectivity index is 1.50. The Morgan fingerprint density at radius 3 is 2.52 bits per heavy atom. The maximum atomic E-state index is 12.1. The molecule has 7 heteroatoms. The lowest BCUT2D eigenvalue weighted by atomic mass is 10.0. The van der Waals surface area contributed by atoms with Gasteiger partial charge < -0.3 is 4.57 Å². The lowest BCUT2D eigenvalue weighted by molar-refractivity contribution is -0.118. The standard InChI is InChI=1S/C24H27N5OS/c1-17(2)20-12-10-19(11-13-20)14-18(3)15-25-26-22(30)16-31-24-28-27-23(29(24)4)21-8-6-5-7-9-21/h5-15,17H,16H2,1-4H3,(H,26,30). The van der Waals surface area contributed by atoms with Crippen LogP contribution in [0.3, 0.4) is 0 Å². The van der Waals surface area contributed by atoms with Gasteiger partial charge in [-0.15, -0.1) is 10.2 Å². The molecule has 0 aliphatic rings. The fourth-order valence-corrected chi connectivity index (χ4v) is 3.63. The number of carbonyl (C=O) groups is 1. The van der Waals surface area contributed by atoms with E-state index in [2.05, 4.69) is 58.8 Å². The van der Waals surface area contributed by atoms with E-state index in [1.807, 2.05) is 54.9 Å². The van der Waals surface area contributed by atoms with Gasteiger partial charge in [-0.3, -0.25) is 4.79 Å². The molecule has 3 rings (SSSR count). The molecule has 2 aromatic carbocycles. The van der Waals surface area contributed by atoms with E-state index < -0.39 is 0 Å². The molecule has 0 saturated heterocycles. The maximum absolute atomic E-state index is 12.1. The highest BCUT2D eigenvalue weighted by atomic mass is 32.2. The Morgan fingerprint density at radius 1 is 1.13 bits per heavy atom. The Labute approximate surface area is 187 Å². The van der Waals surface area contributed by atoms with Crippen molar-refractivity contribution in [1.29, 1.82) is 0 Å². The third-order valence-corrected chi connectivity index (χ3v) is 5.67. The van der Waals surface area contributed by atoms with Crippen LogP contribution in [0, 0.1) is 0 Å². The average molecular weight is 434 g/mol. The van der Waals surface area contributed by atoms with Crippen LogP contribution in [0.1, 0.15) is 37.8 Å². The third kappa shape index (κ3) is 6.39. The first-order chi connectivity index (χ1) is 14.9. The smallest absolute Gasteiger partial charge is 0.250 e. The highest BCUT2D eigenvalue weighted by Gasteiger charge is 2.12. The molecule has 160 valence electrons. The molecular formula is C24H27N5OS. The summed E-state index contributed by atoms with van der Waals surface area (Å²) in [6.07, 6.45) is 3.67. The number of hydrogen-bond donors (Lipinski definition) is 1. The van der Waals surface area contributed by atoms with Gasteiger partial charge in [-0.25, -0.2) is 5.43 Å². The summed E-state index contributed by atoms with van der Waals surface area (Å²) < 4.78 is 1.88. The lowest BCUT2D eigenvalue weighted by Gasteiger charge is -2.05. The number of hydrogen-bond acceptors (Lipinski definition) is 5. The molecule has 0 atom stereocenters. The number of hydrazone groups is 1. The van der Waals surface area contributed by atoms with Crippen LogP contribution in [-0.2, 0) is 11.8 Å². The summed E-state index contributed by atoms with van der Waals surface area (Å²) in [6, 6.07) is 18.3. The van der Waals surface area contributed by atoms with E-state index in [0.717, 1.165) is 22.5 Å². The van der Waals surface area contributed by atoms with Crippen LogP contribution >= 0.6 is 11.8 Å². The van der Waals surface area contributed by atoms with Crippen molar-refractivity contribution < 1.29 is 4.79 Å². The highest BCUT2D eigenvalue weighted by molar-refractivity contribution is 7.99. The Kier molecular flexibility index (Phi) is 7.78. The van der Waals surface area contributed by atoms with Crippen LogP contribution < -0.4 is 5.43 Å². The van der Waals surface area contributed by atoms with Crippen LogP contribution in [-0.4, -0.2) is 32.6 Å². The predicted octanol–water partition coefficient (Wildman–Crippen LogP) is 4.90. The molecule has 0 bridgehead atoms. The van der Waals surface area contributed by atoms with E-state index in [1.54, 1.807) is 6.21 Å². The zero-order chi connectivity index (χ0) is 22.2. The molecule has 1 N–H and O–H groups in total. The first kappa shape index (κ1) is 22.5. The van der Waals surface area contributed by atoms with Crippen molar-refractivity contribution in [3.63, 3.8) is 0 Å². The van der Waals surface area contributed by atoms with Gasteiger partial charge in [-0.05, 0) is 29.5 Å². The number of nitrogens with one attached hydrogen (secondary N) is 1. The summed E-state index contributed by atoms with van der Waals surface area (Å²) >= 11 is 1.32. The Morgan fingerprint density at radius 2 is 1.84 bits per heavy atom. The van der Waals surface area contributed by atoms with Crippen LogP contribution in [0.4, 0.5) is 0 Å². The highest BCUT2D eigenvalue weighted by Crippen LogP contribution is 2.22. The predicted molar refractivity (Wildman–Crippen MR) is 128 cm³/mol. The van der Waals surface area contributed by atoms with Gasteiger partial charge in [0.1, 0.15) is 0 Å². The molecule has 6 nitrogen and oxygen atoms in total. The summed E-state index contributed by atoms with van der Waals surface area (Å²) in [4.78, 5) is 12.1. The van der Waals surface area contributed by atoms with Gasteiger partial charge >= 0.3 is 0 Å². The third-order valence-electron chi connectivity index (χ3n) is 4.65. The van der Waals surface area contributed by atoms with Crippen LogP contribution in [0.15, 0.2) is 70.4 Å².